The van der Waals surface area contributed by atoms with Crippen molar-refractivity contribution in [2.45, 2.75) is 38.4 Å². The van der Waals surface area contributed by atoms with Gasteiger partial charge in [-0.3, -0.25) is 14.6 Å². The molecule has 27 heavy (non-hydrogen) atoms. The number of carbonyl (C=O) groups is 1. The molecule has 1 saturated heterocycles. The van der Waals surface area contributed by atoms with Gasteiger partial charge in [-0.1, -0.05) is 24.3 Å². The lowest BCUT2D eigenvalue weighted by molar-refractivity contribution is 0.0699. The molecule has 0 bridgehead atoms. The number of amides is 1. The van der Waals surface area contributed by atoms with E-state index in [1.807, 2.05) is 19.2 Å². The molecule has 5 nitrogen and oxygen atoms in total. The van der Waals surface area contributed by atoms with Gasteiger partial charge in [-0.05, 0) is 62.7 Å². The van der Waals surface area contributed by atoms with Crippen LogP contribution in [0.4, 0.5) is 0 Å². The quantitative estimate of drug-likeness (QED) is 0.815. The third kappa shape index (κ3) is 4.09. The Bertz CT molecular complexity index is 794. The van der Waals surface area contributed by atoms with Crippen molar-refractivity contribution in [1.29, 1.82) is 0 Å². The van der Waals surface area contributed by atoms with Crippen molar-refractivity contribution < 1.29 is 9.21 Å². The number of furan rings is 1. The monoisotopic (exact) mass is 367 g/mol. The highest BCUT2D eigenvalue weighted by molar-refractivity contribution is 5.91. The molecule has 4 rings (SSSR count). The van der Waals surface area contributed by atoms with Crippen molar-refractivity contribution in [2.75, 3.05) is 33.7 Å². The SMILES string of the molecule is CN(CC1Cc2ccccc2CN1C)C(=O)c1ccc(CN2CCCC2)o1. The van der Waals surface area contributed by atoms with Crippen LogP contribution in [0.5, 0.6) is 0 Å². The van der Waals surface area contributed by atoms with Gasteiger partial charge in [0.05, 0.1) is 6.54 Å². The van der Waals surface area contributed by atoms with Gasteiger partial charge in [0.1, 0.15) is 5.76 Å². The topological polar surface area (TPSA) is 39.9 Å². The third-order valence-corrected chi connectivity index (χ3v) is 5.90. The number of hydrogen-bond donors (Lipinski definition) is 0. The molecule has 5 heteroatoms. The predicted octanol–water partition coefficient (Wildman–Crippen LogP) is 3.00. The molecule has 1 aromatic heterocycles. The Balaban J connectivity index is 1.37. The molecule has 1 aromatic carbocycles. The molecule has 0 aliphatic carbocycles. The Morgan fingerprint density at radius 3 is 2.67 bits per heavy atom. The zero-order valence-electron chi connectivity index (χ0n) is 16.4. The Kier molecular flexibility index (Phi) is 5.32. The first-order valence-corrected chi connectivity index (χ1v) is 9.93. The van der Waals surface area contributed by atoms with Crippen LogP contribution in [0.3, 0.4) is 0 Å². The van der Waals surface area contributed by atoms with Crippen LogP contribution in [0.2, 0.25) is 0 Å². The van der Waals surface area contributed by atoms with Crippen LogP contribution in [0.15, 0.2) is 40.8 Å². The van der Waals surface area contributed by atoms with Crippen molar-refractivity contribution in [3.05, 3.63) is 59.0 Å². The van der Waals surface area contributed by atoms with E-state index in [1.54, 1.807) is 4.90 Å². The van der Waals surface area contributed by atoms with Crippen LogP contribution in [0, 0.1) is 0 Å². The van der Waals surface area contributed by atoms with Crippen molar-refractivity contribution in [3.8, 4) is 0 Å². The highest BCUT2D eigenvalue weighted by Crippen LogP contribution is 2.23. The number of carbonyl (C=O) groups excluding carboxylic acids is 1. The summed E-state index contributed by atoms with van der Waals surface area (Å²) in [6, 6.07) is 12.7. The second kappa shape index (κ2) is 7.87. The van der Waals surface area contributed by atoms with E-state index in [2.05, 4.69) is 41.1 Å². The molecule has 0 saturated carbocycles. The summed E-state index contributed by atoms with van der Waals surface area (Å²) in [6.07, 6.45) is 3.49. The lowest BCUT2D eigenvalue weighted by Gasteiger charge is -2.36. The third-order valence-electron chi connectivity index (χ3n) is 5.90. The maximum Gasteiger partial charge on any atom is 0.289 e. The van der Waals surface area contributed by atoms with Gasteiger partial charge in [-0.25, -0.2) is 0 Å². The number of hydrogen-bond acceptors (Lipinski definition) is 4. The fourth-order valence-electron chi connectivity index (χ4n) is 4.25. The summed E-state index contributed by atoms with van der Waals surface area (Å²) in [4.78, 5) is 19.3. The van der Waals surface area contributed by atoms with E-state index in [0.717, 1.165) is 38.4 Å². The van der Waals surface area contributed by atoms with E-state index in [1.165, 1.54) is 24.0 Å². The van der Waals surface area contributed by atoms with Crippen LogP contribution in [0.25, 0.3) is 0 Å². The molecule has 0 spiro atoms. The van der Waals surface area contributed by atoms with Crippen molar-refractivity contribution in [2.24, 2.45) is 0 Å². The molecule has 1 fully saturated rings. The van der Waals surface area contributed by atoms with E-state index in [4.69, 9.17) is 4.42 Å². The summed E-state index contributed by atoms with van der Waals surface area (Å²) in [5, 5.41) is 0. The molecule has 2 aromatic rings. The average molecular weight is 367 g/mol. The van der Waals surface area contributed by atoms with Gasteiger partial charge in [0.2, 0.25) is 0 Å². The lowest BCUT2D eigenvalue weighted by Crippen LogP contribution is -2.46. The van der Waals surface area contributed by atoms with Crippen LogP contribution < -0.4 is 0 Å². The fraction of sp³-hybridized carbons (Fsp3) is 0.500. The number of nitrogens with zero attached hydrogens (tertiary/aromatic N) is 3. The predicted molar refractivity (Wildman–Crippen MR) is 106 cm³/mol. The van der Waals surface area contributed by atoms with Gasteiger partial charge in [0.25, 0.3) is 5.91 Å². The fourth-order valence-corrected chi connectivity index (χ4v) is 4.25. The van der Waals surface area contributed by atoms with E-state index in [9.17, 15) is 4.79 Å². The number of likely N-dealkylation sites (N-methyl/N-ethyl adjacent to an activating group) is 2. The number of benzene rings is 1. The molecule has 0 radical (unpaired) electrons. The minimum atomic E-state index is -0.0325. The molecule has 3 heterocycles. The molecular weight excluding hydrogens is 338 g/mol. The second-order valence-corrected chi connectivity index (χ2v) is 7.98. The molecule has 2 aliphatic heterocycles. The normalized spacial score (nSPS) is 20.6. The minimum Gasteiger partial charge on any atom is -0.455 e. The Labute approximate surface area is 161 Å². The van der Waals surface area contributed by atoms with Crippen LogP contribution >= 0.6 is 0 Å². The van der Waals surface area contributed by atoms with Crippen LogP contribution in [0.1, 0.15) is 40.3 Å². The highest BCUT2D eigenvalue weighted by Gasteiger charge is 2.27. The average Bonchev–Trinajstić information content (AvgIpc) is 3.34. The first kappa shape index (κ1) is 18.3. The Morgan fingerprint density at radius 2 is 1.89 bits per heavy atom. The molecule has 144 valence electrons. The van der Waals surface area contributed by atoms with Gasteiger partial charge < -0.3 is 9.32 Å². The minimum absolute atomic E-state index is 0.0325. The molecule has 1 unspecified atom stereocenters. The van der Waals surface area contributed by atoms with E-state index >= 15 is 0 Å². The van der Waals surface area contributed by atoms with Crippen LogP contribution in [-0.4, -0.2) is 60.4 Å². The largest absolute Gasteiger partial charge is 0.455 e. The maximum absolute atomic E-state index is 12.8. The summed E-state index contributed by atoms with van der Waals surface area (Å²) in [5.74, 6) is 1.30. The van der Waals surface area contributed by atoms with Gasteiger partial charge in [0, 0.05) is 26.2 Å². The molecule has 1 atom stereocenters. The summed E-state index contributed by atoms with van der Waals surface area (Å²) >= 11 is 0. The van der Waals surface area contributed by atoms with Crippen molar-refractivity contribution in [3.63, 3.8) is 0 Å². The zero-order chi connectivity index (χ0) is 18.8. The molecular formula is C22H29N3O2. The van der Waals surface area contributed by atoms with Gasteiger partial charge in [-0.2, -0.15) is 0 Å². The van der Waals surface area contributed by atoms with Crippen molar-refractivity contribution in [1.82, 2.24) is 14.7 Å². The van der Waals surface area contributed by atoms with E-state index in [0.29, 0.717) is 18.3 Å². The van der Waals surface area contributed by atoms with Crippen LogP contribution in [-0.2, 0) is 19.5 Å². The van der Waals surface area contributed by atoms with Gasteiger partial charge in [-0.15, -0.1) is 0 Å². The van der Waals surface area contributed by atoms with E-state index in [-0.39, 0.29) is 5.91 Å². The zero-order valence-corrected chi connectivity index (χ0v) is 16.4. The van der Waals surface area contributed by atoms with Crippen molar-refractivity contribution >= 4 is 5.91 Å². The first-order valence-electron chi connectivity index (χ1n) is 9.93. The molecule has 1 amide bonds. The molecule has 0 N–H and O–H groups in total. The second-order valence-electron chi connectivity index (χ2n) is 7.98. The standard InChI is InChI=1S/C22H29N3O2/c1-23-14-18-8-4-3-7-17(18)13-19(23)15-24(2)22(26)21-10-9-20(27-21)16-25-11-5-6-12-25/h3-4,7-10,19H,5-6,11-16H2,1-2H3. The Hall–Kier alpha value is -2.11. The Morgan fingerprint density at radius 1 is 1.15 bits per heavy atom. The summed E-state index contributed by atoms with van der Waals surface area (Å²) in [5.41, 5.74) is 2.79. The van der Waals surface area contributed by atoms with E-state index < -0.39 is 0 Å². The highest BCUT2D eigenvalue weighted by atomic mass is 16.4. The summed E-state index contributed by atoms with van der Waals surface area (Å²) < 4.78 is 5.85. The number of fused-ring (bicyclic) bond motifs is 1. The summed E-state index contributed by atoms with van der Waals surface area (Å²) in [7, 11) is 4.01. The first-order chi connectivity index (χ1) is 13.1. The summed E-state index contributed by atoms with van der Waals surface area (Å²) in [6.45, 7) is 4.69. The molecule has 2 aliphatic rings. The van der Waals surface area contributed by atoms with Gasteiger partial charge >= 0.3 is 0 Å². The maximum atomic E-state index is 12.8. The number of rotatable bonds is 5. The number of likely N-dealkylation sites (tertiary alicyclic amines) is 1. The van der Waals surface area contributed by atoms with Gasteiger partial charge in [0.15, 0.2) is 5.76 Å². The smallest absolute Gasteiger partial charge is 0.289 e. The lowest BCUT2D eigenvalue weighted by atomic mass is 9.94.